The molecule has 142 valence electrons. The van der Waals surface area contributed by atoms with Crippen molar-refractivity contribution < 1.29 is 13.9 Å². The molecule has 0 bridgehead atoms. The van der Waals surface area contributed by atoms with Crippen molar-refractivity contribution in [2.24, 2.45) is 4.99 Å². The van der Waals surface area contributed by atoms with Crippen molar-refractivity contribution in [1.82, 2.24) is 10.6 Å². The Morgan fingerprint density at radius 1 is 1.16 bits per heavy atom. The van der Waals surface area contributed by atoms with Gasteiger partial charge in [-0.25, -0.2) is 4.39 Å². The molecule has 0 aliphatic heterocycles. The monoisotopic (exact) mass is 371 g/mol. The van der Waals surface area contributed by atoms with Gasteiger partial charge in [-0.1, -0.05) is 6.07 Å². The Morgan fingerprint density at radius 2 is 2.00 bits per heavy atom. The lowest BCUT2D eigenvalue weighted by molar-refractivity contribution is 0.0689. The minimum Gasteiger partial charge on any atom is -0.382 e. The molecule has 1 rings (SSSR count). The molecule has 0 fully saturated rings. The van der Waals surface area contributed by atoms with Crippen LogP contribution in [0.3, 0.4) is 0 Å². The summed E-state index contributed by atoms with van der Waals surface area (Å²) in [6.45, 7) is 3.47. The van der Waals surface area contributed by atoms with Crippen LogP contribution in [-0.2, 0) is 21.8 Å². The summed E-state index contributed by atoms with van der Waals surface area (Å²) in [5.41, 5.74) is 2.11. The average molecular weight is 372 g/mol. The van der Waals surface area contributed by atoms with E-state index in [9.17, 15) is 4.39 Å². The van der Waals surface area contributed by atoms with Crippen LogP contribution in [0, 0.1) is 5.82 Å². The molecular formula is C18H30FN3O2S. The van der Waals surface area contributed by atoms with Crippen molar-refractivity contribution in [3.8, 4) is 0 Å². The summed E-state index contributed by atoms with van der Waals surface area (Å²) >= 11 is 1.68. The van der Waals surface area contributed by atoms with E-state index in [1.807, 2.05) is 12.3 Å². The molecule has 0 spiro atoms. The second-order valence-electron chi connectivity index (χ2n) is 5.51. The lowest BCUT2D eigenvalue weighted by Crippen LogP contribution is -2.37. The van der Waals surface area contributed by atoms with E-state index in [2.05, 4.69) is 15.6 Å². The van der Waals surface area contributed by atoms with Gasteiger partial charge in [-0.3, -0.25) is 4.99 Å². The molecule has 0 heterocycles. The number of nitrogens with one attached hydrogen (secondary N) is 2. The minimum atomic E-state index is -0.192. The smallest absolute Gasteiger partial charge is 0.191 e. The molecule has 0 aromatic heterocycles. The summed E-state index contributed by atoms with van der Waals surface area (Å²) in [6, 6.07) is 4.94. The molecule has 7 heteroatoms. The van der Waals surface area contributed by atoms with Gasteiger partial charge in [0.05, 0.1) is 13.2 Å². The molecule has 25 heavy (non-hydrogen) atoms. The number of methoxy groups -OCH3 is 1. The van der Waals surface area contributed by atoms with Crippen molar-refractivity contribution in [3.05, 3.63) is 35.1 Å². The summed E-state index contributed by atoms with van der Waals surface area (Å²) in [6.07, 6.45) is 4.01. The lowest BCUT2D eigenvalue weighted by atomic mass is 10.1. The van der Waals surface area contributed by atoms with Crippen molar-refractivity contribution in [3.63, 3.8) is 0 Å². The topological polar surface area (TPSA) is 54.9 Å². The minimum absolute atomic E-state index is 0.192. The third-order valence-electron chi connectivity index (χ3n) is 3.58. The van der Waals surface area contributed by atoms with Crippen molar-refractivity contribution >= 4 is 17.7 Å². The maximum Gasteiger partial charge on any atom is 0.191 e. The van der Waals surface area contributed by atoms with Crippen LogP contribution in [0.15, 0.2) is 23.2 Å². The van der Waals surface area contributed by atoms with Gasteiger partial charge in [-0.2, -0.15) is 11.8 Å². The van der Waals surface area contributed by atoms with Crippen LogP contribution in [0.1, 0.15) is 24.0 Å². The summed E-state index contributed by atoms with van der Waals surface area (Å²) in [4.78, 5) is 4.22. The molecule has 1 aromatic carbocycles. The van der Waals surface area contributed by atoms with Gasteiger partial charge < -0.3 is 20.1 Å². The molecule has 0 amide bonds. The van der Waals surface area contributed by atoms with E-state index in [4.69, 9.17) is 9.47 Å². The summed E-state index contributed by atoms with van der Waals surface area (Å²) in [7, 11) is 3.42. The molecule has 1 aromatic rings. The molecule has 0 radical (unpaired) electrons. The number of rotatable bonds is 12. The number of guanidine groups is 1. The number of thioether (sulfide) groups is 1. The highest BCUT2D eigenvalue weighted by molar-refractivity contribution is 7.97. The van der Waals surface area contributed by atoms with Crippen LogP contribution in [-0.4, -0.2) is 52.7 Å². The first kappa shape index (κ1) is 21.7. The first-order chi connectivity index (χ1) is 12.2. The fourth-order valence-corrected chi connectivity index (χ4v) is 2.82. The zero-order valence-electron chi connectivity index (χ0n) is 15.4. The van der Waals surface area contributed by atoms with E-state index in [1.54, 1.807) is 32.0 Å². The predicted molar refractivity (Wildman–Crippen MR) is 104 cm³/mol. The maximum atomic E-state index is 13.4. The number of hydrogen-bond acceptors (Lipinski definition) is 4. The number of hydrogen-bond donors (Lipinski definition) is 2. The van der Waals surface area contributed by atoms with E-state index in [-0.39, 0.29) is 5.82 Å². The molecule has 0 aliphatic carbocycles. The highest BCUT2D eigenvalue weighted by atomic mass is 32.2. The Labute approximate surface area is 154 Å². The standard InChI is InChI=1S/C18H30FN3O2S/c1-20-18(21-8-4-5-9-24-11-10-23-2)22-13-15-6-7-17(19)12-16(15)14-25-3/h6-7,12H,4-5,8-11,13-14H2,1-3H3,(H2,20,21,22). The number of unbranched alkanes of at least 4 members (excludes halogenated alkanes) is 1. The van der Waals surface area contributed by atoms with Gasteiger partial charge in [-0.15, -0.1) is 0 Å². The number of halogens is 1. The van der Waals surface area contributed by atoms with Crippen LogP contribution in [0.2, 0.25) is 0 Å². The summed E-state index contributed by atoms with van der Waals surface area (Å²) in [5.74, 6) is 1.35. The van der Waals surface area contributed by atoms with Gasteiger partial charge in [0.25, 0.3) is 0 Å². The predicted octanol–water partition coefficient (Wildman–Crippen LogP) is 2.80. The van der Waals surface area contributed by atoms with Crippen LogP contribution in [0.25, 0.3) is 0 Å². The van der Waals surface area contributed by atoms with E-state index in [1.165, 1.54) is 6.07 Å². The van der Waals surface area contributed by atoms with Crippen molar-refractivity contribution in [2.75, 3.05) is 46.8 Å². The Kier molecular flexibility index (Phi) is 12.1. The van der Waals surface area contributed by atoms with Gasteiger partial charge in [0.15, 0.2) is 5.96 Å². The van der Waals surface area contributed by atoms with Gasteiger partial charge in [0.2, 0.25) is 0 Å². The third kappa shape index (κ3) is 9.67. The fraction of sp³-hybridized carbons (Fsp3) is 0.611. The van der Waals surface area contributed by atoms with E-state index >= 15 is 0 Å². The molecule has 2 N–H and O–H groups in total. The molecule has 0 saturated carbocycles. The van der Waals surface area contributed by atoms with Gasteiger partial charge in [-0.05, 0) is 42.4 Å². The first-order valence-electron chi connectivity index (χ1n) is 8.48. The molecule has 0 saturated heterocycles. The largest absolute Gasteiger partial charge is 0.382 e. The van der Waals surface area contributed by atoms with Gasteiger partial charge >= 0.3 is 0 Å². The van der Waals surface area contributed by atoms with Crippen LogP contribution < -0.4 is 10.6 Å². The molecule has 0 atom stereocenters. The number of benzene rings is 1. The number of aliphatic imine (C=N–C) groups is 1. The highest BCUT2D eigenvalue weighted by Gasteiger charge is 2.05. The third-order valence-corrected chi connectivity index (χ3v) is 4.18. The lowest BCUT2D eigenvalue weighted by Gasteiger charge is -2.14. The Bertz CT molecular complexity index is 515. The molecule has 0 aliphatic rings. The maximum absolute atomic E-state index is 13.4. The summed E-state index contributed by atoms with van der Waals surface area (Å²) in [5, 5.41) is 6.57. The van der Waals surface area contributed by atoms with Crippen molar-refractivity contribution in [2.45, 2.75) is 25.1 Å². The zero-order chi connectivity index (χ0) is 18.3. The van der Waals surface area contributed by atoms with Gasteiger partial charge in [0, 0.05) is 39.6 Å². The Balaban J connectivity index is 2.28. The number of ether oxygens (including phenoxy) is 2. The van der Waals surface area contributed by atoms with Crippen molar-refractivity contribution in [1.29, 1.82) is 0 Å². The second-order valence-corrected chi connectivity index (χ2v) is 6.38. The highest BCUT2D eigenvalue weighted by Crippen LogP contribution is 2.16. The normalized spacial score (nSPS) is 11.6. The fourth-order valence-electron chi connectivity index (χ4n) is 2.24. The van der Waals surface area contributed by atoms with Crippen LogP contribution in [0.4, 0.5) is 4.39 Å². The van der Waals surface area contributed by atoms with Gasteiger partial charge in [0.1, 0.15) is 5.82 Å². The first-order valence-corrected chi connectivity index (χ1v) is 9.88. The zero-order valence-corrected chi connectivity index (χ0v) is 16.3. The average Bonchev–Trinajstić information content (AvgIpc) is 2.61. The van der Waals surface area contributed by atoms with E-state index in [0.29, 0.717) is 19.8 Å². The summed E-state index contributed by atoms with van der Waals surface area (Å²) < 4.78 is 23.7. The number of nitrogens with zero attached hydrogens (tertiary/aromatic N) is 1. The SMILES string of the molecule is CN=C(NCCCCOCCOC)NCc1ccc(F)cc1CSC. The van der Waals surface area contributed by atoms with Crippen LogP contribution in [0.5, 0.6) is 0 Å². The molecule has 0 unspecified atom stereocenters. The molecule has 5 nitrogen and oxygen atoms in total. The van der Waals surface area contributed by atoms with E-state index < -0.39 is 0 Å². The Hall–Kier alpha value is -1.31. The quantitative estimate of drug-likeness (QED) is 0.336. The molecular weight excluding hydrogens is 341 g/mol. The Morgan fingerprint density at radius 3 is 2.72 bits per heavy atom. The van der Waals surface area contributed by atoms with Crippen LogP contribution >= 0.6 is 11.8 Å². The van der Waals surface area contributed by atoms with E-state index in [0.717, 1.165) is 48.8 Å². The second kappa shape index (κ2) is 13.9.